The number of hydrogen-bond acceptors (Lipinski definition) is 5. The highest BCUT2D eigenvalue weighted by Crippen LogP contribution is 2.20. The number of nitrogens with zero attached hydrogens (tertiary/aromatic N) is 1. The van der Waals surface area contributed by atoms with E-state index in [0.29, 0.717) is 31.1 Å². The second-order valence-corrected chi connectivity index (χ2v) is 5.79. The van der Waals surface area contributed by atoms with Crippen molar-refractivity contribution in [2.75, 3.05) is 6.54 Å². The number of benzene rings is 1. The van der Waals surface area contributed by atoms with Crippen LogP contribution in [-0.2, 0) is 16.1 Å². The van der Waals surface area contributed by atoms with Gasteiger partial charge < -0.3 is 20.2 Å². The molecule has 0 aliphatic carbocycles. The van der Waals surface area contributed by atoms with E-state index in [1.807, 2.05) is 31.2 Å². The molecule has 1 aromatic heterocycles. The quantitative estimate of drug-likeness (QED) is 0.877. The van der Waals surface area contributed by atoms with Gasteiger partial charge in [0.25, 0.3) is 0 Å². The van der Waals surface area contributed by atoms with Crippen molar-refractivity contribution < 1.29 is 13.9 Å². The van der Waals surface area contributed by atoms with Crippen molar-refractivity contribution in [3.8, 4) is 11.5 Å². The number of oxazole rings is 1. The highest BCUT2D eigenvalue weighted by molar-refractivity contribution is 5.80. The predicted molar refractivity (Wildman–Crippen MR) is 85.5 cm³/mol. The number of aromatic nitrogens is 1. The number of nitrogens with two attached hydrogens (primary N) is 1. The molecule has 3 rings (SSSR count). The Labute approximate surface area is 135 Å². The zero-order valence-corrected chi connectivity index (χ0v) is 13.1. The van der Waals surface area contributed by atoms with Crippen molar-refractivity contribution in [3.05, 3.63) is 41.8 Å². The van der Waals surface area contributed by atoms with Gasteiger partial charge in [-0.25, -0.2) is 4.98 Å². The van der Waals surface area contributed by atoms with Crippen LogP contribution < -0.4 is 11.1 Å². The van der Waals surface area contributed by atoms with Crippen molar-refractivity contribution in [3.63, 3.8) is 0 Å². The van der Waals surface area contributed by atoms with E-state index in [9.17, 15) is 4.79 Å². The van der Waals surface area contributed by atoms with Gasteiger partial charge in [-0.15, -0.1) is 0 Å². The lowest BCUT2D eigenvalue weighted by Gasteiger charge is -2.11. The maximum atomic E-state index is 12.1. The van der Waals surface area contributed by atoms with Crippen molar-refractivity contribution in [2.45, 2.75) is 38.5 Å². The number of hydrogen-bond donors (Lipinski definition) is 2. The zero-order valence-electron chi connectivity index (χ0n) is 13.1. The molecule has 0 saturated carbocycles. The Morgan fingerprint density at radius 1 is 1.35 bits per heavy atom. The normalized spacial score (nSPS) is 20.6. The summed E-state index contributed by atoms with van der Waals surface area (Å²) in [5, 5.41) is 2.83. The SMILES string of the molecule is Cc1ccc(-c2nc(CNC(=O)[C@@H]3CC[C@H](CN)O3)co2)cc1. The Hall–Kier alpha value is -2.18. The van der Waals surface area contributed by atoms with Gasteiger partial charge in [-0.3, -0.25) is 4.79 Å². The topological polar surface area (TPSA) is 90.4 Å². The van der Waals surface area contributed by atoms with Gasteiger partial charge in [0.1, 0.15) is 12.4 Å². The first-order valence-electron chi connectivity index (χ1n) is 7.80. The first-order chi connectivity index (χ1) is 11.2. The zero-order chi connectivity index (χ0) is 16.2. The maximum absolute atomic E-state index is 12.1. The van der Waals surface area contributed by atoms with E-state index >= 15 is 0 Å². The molecule has 1 saturated heterocycles. The molecule has 6 nitrogen and oxygen atoms in total. The van der Waals surface area contributed by atoms with Crippen LogP contribution in [0.1, 0.15) is 24.1 Å². The first-order valence-corrected chi connectivity index (χ1v) is 7.80. The summed E-state index contributed by atoms with van der Waals surface area (Å²) in [4.78, 5) is 16.5. The highest BCUT2D eigenvalue weighted by atomic mass is 16.5. The van der Waals surface area contributed by atoms with Gasteiger partial charge in [-0.1, -0.05) is 17.7 Å². The summed E-state index contributed by atoms with van der Waals surface area (Å²) in [5.74, 6) is 0.426. The van der Waals surface area contributed by atoms with Crippen LogP contribution in [-0.4, -0.2) is 29.6 Å². The number of nitrogens with one attached hydrogen (secondary N) is 1. The molecule has 1 aliphatic heterocycles. The van der Waals surface area contributed by atoms with Gasteiger partial charge in [0.2, 0.25) is 11.8 Å². The molecule has 0 radical (unpaired) electrons. The fourth-order valence-electron chi connectivity index (χ4n) is 2.58. The van der Waals surface area contributed by atoms with E-state index < -0.39 is 6.10 Å². The number of carbonyl (C=O) groups is 1. The molecule has 1 fully saturated rings. The fourth-order valence-corrected chi connectivity index (χ4v) is 2.58. The molecule has 1 aliphatic rings. The number of amides is 1. The van der Waals surface area contributed by atoms with Crippen molar-refractivity contribution >= 4 is 5.91 Å². The monoisotopic (exact) mass is 315 g/mol. The van der Waals surface area contributed by atoms with E-state index in [-0.39, 0.29) is 12.0 Å². The van der Waals surface area contributed by atoms with E-state index in [1.165, 1.54) is 5.56 Å². The summed E-state index contributed by atoms with van der Waals surface area (Å²) >= 11 is 0. The summed E-state index contributed by atoms with van der Waals surface area (Å²) in [5.41, 5.74) is 8.33. The lowest BCUT2D eigenvalue weighted by Crippen LogP contribution is -2.35. The molecule has 23 heavy (non-hydrogen) atoms. The summed E-state index contributed by atoms with van der Waals surface area (Å²) in [6.45, 7) is 2.80. The molecular formula is C17H21N3O3. The Kier molecular flexibility index (Phi) is 4.73. The van der Waals surface area contributed by atoms with Gasteiger partial charge in [-0.05, 0) is 31.9 Å². The average Bonchev–Trinajstić information content (AvgIpc) is 3.22. The molecule has 1 amide bonds. The summed E-state index contributed by atoms with van der Waals surface area (Å²) < 4.78 is 11.0. The minimum Gasteiger partial charge on any atom is -0.444 e. The maximum Gasteiger partial charge on any atom is 0.249 e. The number of rotatable bonds is 5. The largest absolute Gasteiger partial charge is 0.444 e. The molecule has 0 unspecified atom stereocenters. The van der Waals surface area contributed by atoms with E-state index in [2.05, 4.69) is 10.3 Å². The fraction of sp³-hybridized carbons (Fsp3) is 0.412. The van der Waals surface area contributed by atoms with Crippen LogP contribution in [0.15, 0.2) is 34.9 Å². The van der Waals surface area contributed by atoms with Crippen LogP contribution in [0.3, 0.4) is 0 Å². The van der Waals surface area contributed by atoms with E-state index in [4.69, 9.17) is 14.9 Å². The summed E-state index contributed by atoms with van der Waals surface area (Å²) in [6, 6.07) is 7.93. The number of ether oxygens (including phenoxy) is 1. The molecule has 0 spiro atoms. The molecule has 2 heterocycles. The Balaban J connectivity index is 1.55. The van der Waals surface area contributed by atoms with Crippen LogP contribution >= 0.6 is 0 Å². The van der Waals surface area contributed by atoms with Crippen LogP contribution in [0.4, 0.5) is 0 Å². The van der Waals surface area contributed by atoms with Crippen LogP contribution in [0.25, 0.3) is 11.5 Å². The van der Waals surface area contributed by atoms with E-state index in [1.54, 1.807) is 6.26 Å². The molecular weight excluding hydrogens is 294 g/mol. The molecule has 122 valence electrons. The average molecular weight is 315 g/mol. The minimum atomic E-state index is -0.410. The van der Waals surface area contributed by atoms with Crippen LogP contribution in [0, 0.1) is 6.92 Å². The third-order valence-corrected chi connectivity index (χ3v) is 3.96. The molecule has 3 N–H and O–H groups in total. The molecule has 2 atom stereocenters. The van der Waals surface area contributed by atoms with Crippen LogP contribution in [0.5, 0.6) is 0 Å². The van der Waals surface area contributed by atoms with Gasteiger partial charge in [0, 0.05) is 12.1 Å². The minimum absolute atomic E-state index is 0.00839. The Morgan fingerprint density at radius 3 is 2.83 bits per heavy atom. The molecule has 2 aromatic rings. The van der Waals surface area contributed by atoms with E-state index in [0.717, 1.165) is 12.0 Å². The smallest absolute Gasteiger partial charge is 0.249 e. The third kappa shape index (κ3) is 3.78. The van der Waals surface area contributed by atoms with Gasteiger partial charge in [0.15, 0.2) is 0 Å². The molecule has 0 bridgehead atoms. The van der Waals surface area contributed by atoms with Crippen molar-refractivity contribution in [2.24, 2.45) is 5.73 Å². The first kappa shape index (κ1) is 15.7. The lowest BCUT2D eigenvalue weighted by molar-refractivity contribution is -0.132. The number of carbonyl (C=O) groups excluding carboxylic acids is 1. The van der Waals surface area contributed by atoms with Crippen molar-refractivity contribution in [1.29, 1.82) is 0 Å². The second kappa shape index (κ2) is 6.93. The number of aryl methyl sites for hydroxylation is 1. The highest BCUT2D eigenvalue weighted by Gasteiger charge is 2.29. The summed E-state index contributed by atoms with van der Waals surface area (Å²) in [7, 11) is 0. The lowest BCUT2D eigenvalue weighted by atomic mass is 10.1. The predicted octanol–water partition coefficient (Wildman–Crippen LogP) is 1.77. The van der Waals surface area contributed by atoms with Crippen molar-refractivity contribution in [1.82, 2.24) is 10.3 Å². The Morgan fingerprint density at radius 2 is 2.13 bits per heavy atom. The standard InChI is InChI=1S/C17H21N3O3/c1-11-2-4-12(5-3-11)17-20-13(10-22-17)9-19-16(21)15-7-6-14(8-18)23-15/h2-5,10,14-15H,6-9,18H2,1H3,(H,19,21)/t14-,15+/m1/s1. The molecule has 6 heteroatoms. The van der Waals surface area contributed by atoms with Gasteiger partial charge in [0.05, 0.1) is 18.3 Å². The third-order valence-electron chi connectivity index (χ3n) is 3.96. The van der Waals surface area contributed by atoms with Gasteiger partial charge in [-0.2, -0.15) is 0 Å². The molecule has 1 aromatic carbocycles. The van der Waals surface area contributed by atoms with Crippen LogP contribution in [0.2, 0.25) is 0 Å². The summed E-state index contributed by atoms with van der Waals surface area (Å²) in [6.07, 6.45) is 2.68. The van der Waals surface area contributed by atoms with Gasteiger partial charge >= 0.3 is 0 Å². The second-order valence-electron chi connectivity index (χ2n) is 5.79. The Bertz CT molecular complexity index is 666.